The Hall–Kier alpha value is -1.14. The standard InChI is InChI=1S/C18H24N4S2/c1-11(2)23-17-14-8-6-5-7-13(14)9-15(20-17)16-10-19-22-18(21-16)24-12(3)4/h9-12H,5-8H2,1-4H3. The van der Waals surface area contributed by atoms with Gasteiger partial charge in [-0.25, -0.2) is 9.97 Å². The number of hydrogen-bond donors (Lipinski definition) is 0. The Balaban J connectivity index is 2.01. The molecule has 2 aromatic rings. The number of nitrogens with zero attached hydrogens (tertiary/aromatic N) is 4. The molecule has 0 bridgehead atoms. The van der Waals surface area contributed by atoms with Crippen LogP contribution in [0.2, 0.25) is 0 Å². The smallest absolute Gasteiger partial charge is 0.209 e. The van der Waals surface area contributed by atoms with Crippen LogP contribution in [-0.4, -0.2) is 30.7 Å². The van der Waals surface area contributed by atoms with Gasteiger partial charge in [-0.05, 0) is 42.9 Å². The SMILES string of the molecule is CC(C)Sc1nncc(-c2cc3c(c(SC(C)C)n2)CCCC3)n1. The number of aromatic nitrogens is 4. The van der Waals surface area contributed by atoms with Gasteiger partial charge in [0.15, 0.2) is 0 Å². The molecule has 6 heteroatoms. The summed E-state index contributed by atoms with van der Waals surface area (Å²) in [5.41, 5.74) is 4.64. The molecule has 128 valence electrons. The first kappa shape index (κ1) is 17.7. The average Bonchev–Trinajstić information content (AvgIpc) is 2.54. The van der Waals surface area contributed by atoms with Crippen molar-refractivity contribution in [1.29, 1.82) is 0 Å². The molecular formula is C18H24N4S2. The number of aryl methyl sites for hydroxylation is 1. The second-order valence-corrected chi connectivity index (χ2v) is 9.72. The third-order valence-corrected chi connectivity index (χ3v) is 5.68. The maximum absolute atomic E-state index is 4.94. The van der Waals surface area contributed by atoms with E-state index in [1.165, 1.54) is 29.0 Å². The van der Waals surface area contributed by atoms with Crippen molar-refractivity contribution >= 4 is 23.5 Å². The van der Waals surface area contributed by atoms with Crippen LogP contribution >= 0.6 is 23.5 Å². The second kappa shape index (κ2) is 7.83. The molecule has 0 aromatic carbocycles. The van der Waals surface area contributed by atoms with Crippen molar-refractivity contribution in [2.75, 3.05) is 0 Å². The Morgan fingerprint density at radius 1 is 0.917 bits per heavy atom. The van der Waals surface area contributed by atoms with Crippen molar-refractivity contribution in [3.63, 3.8) is 0 Å². The first-order valence-electron chi connectivity index (χ1n) is 8.59. The van der Waals surface area contributed by atoms with Crippen molar-refractivity contribution in [3.05, 3.63) is 23.4 Å². The van der Waals surface area contributed by atoms with Gasteiger partial charge in [-0.1, -0.05) is 39.5 Å². The highest BCUT2D eigenvalue weighted by Crippen LogP contribution is 2.34. The predicted octanol–water partition coefficient (Wildman–Crippen LogP) is 4.81. The van der Waals surface area contributed by atoms with Gasteiger partial charge in [-0.3, -0.25) is 0 Å². The summed E-state index contributed by atoms with van der Waals surface area (Å²) >= 11 is 3.49. The molecule has 0 amide bonds. The van der Waals surface area contributed by atoms with Gasteiger partial charge in [0.1, 0.15) is 10.7 Å². The summed E-state index contributed by atoms with van der Waals surface area (Å²) in [7, 11) is 0. The summed E-state index contributed by atoms with van der Waals surface area (Å²) in [5, 5.41) is 11.1. The average molecular weight is 361 g/mol. The molecule has 0 atom stereocenters. The molecule has 24 heavy (non-hydrogen) atoms. The van der Waals surface area contributed by atoms with Crippen LogP contribution in [0.1, 0.15) is 51.7 Å². The van der Waals surface area contributed by atoms with Gasteiger partial charge < -0.3 is 0 Å². The minimum absolute atomic E-state index is 0.436. The van der Waals surface area contributed by atoms with Gasteiger partial charge in [0, 0.05) is 10.5 Å². The van der Waals surface area contributed by atoms with E-state index in [9.17, 15) is 0 Å². The van der Waals surface area contributed by atoms with Crippen LogP contribution in [0.3, 0.4) is 0 Å². The summed E-state index contributed by atoms with van der Waals surface area (Å²) in [6.45, 7) is 8.71. The Labute approximate surface area is 152 Å². The summed E-state index contributed by atoms with van der Waals surface area (Å²) in [6.07, 6.45) is 6.55. The van der Waals surface area contributed by atoms with Crippen molar-refractivity contribution in [1.82, 2.24) is 20.2 Å². The number of rotatable bonds is 5. The molecule has 2 heterocycles. The fourth-order valence-electron chi connectivity index (χ4n) is 2.83. The molecule has 0 fully saturated rings. The van der Waals surface area contributed by atoms with Gasteiger partial charge in [-0.2, -0.15) is 5.10 Å². The minimum atomic E-state index is 0.436. The van der Waals surface area contributed by atoms with Crippen LogP contribution in [0.5, 0.6) is 0 Å². The second-order valence-electron chi connectivity index (χ2n) is 6.61. The van der Waals surface area contributed by atoms with Crippen LogP contribution in [0.15, 0.2) is 22.4 Å². The summed E-state index contributed by atoms with van der Waals surface area (Å²) < 4.78 is 0. The largest absolute Gasteiger partial charge is 0.239 e. The topological polar surface area (TPSA) is 51.6 Å². The zero-order chi connectivity index (χ0) is 17.1. The number of fused-ring (bicyclic) bond motifs is 1. The minimum Gasteiger partial charge on any atom is -0.239 e. The molecule has 4 nitrogen and oxygen atoms in total. The van der Waals surface area contributed by atoms with Crippen LogP contribution in [0.4, 0.5) is 0 Å². The van der Waals surface area contributed by atoms with E-state index in [4.69, 9.17) is 4.98 Å². The fourth-order valence-corrected chi connectivity index (χ4v) is 4.47. The molecule has 0 aliphatic heterocycles. The molecule has 0 spiro atoms. The first-order valence-corrected chi connectivity index (χ1v) is 10.3. The Morgan fingerprint density at radius 3 is 2.42 bits per heavy atom. The molecule has 1 aliphatic carbocycles. The van der Waals surface area contributed by atoms with Crippen molar-refractivity contribution in [2.24, 2.45) is 0 Å². The Kier molecular flexibility index (Phi) is 5.76. The lowest BCUT2D eigenvalue weighted by Crippen LogP contribution is -2.08. The molecule has 0 saturated heterocycles. The van der Waals surface area contributed by atoms with Gasteiger partial charge in [-0.15, -0.1) is 16.9 Å². The van der Waals surface area contributed by atoms with Crippen LogP contribution in [0, 0.1) is 0 Å². The molecule has 2 aromatic heterocycles. The highest BCUT2D eigenvalue weighted by atomic mass is 32.2. The maximum atomic E-state index is 4.94. The molecule has 0 radical (unpaired) electrons. The van der Waals surface area contributed by atoms with Gasteiger partial charge in [0.05, 0.1) is 11.9 Å². The molecular weight excluding hydrogens is 336 g/mol. The lowest BCUT2D eigenvalue weighted by molar-refractivity contribution is 0.667. The molecule has 0 N–H and O–H groups in total. The van der Waals surface area contributed by atoms with Crippen molar-refractivity contribution in [2.45, 2.75) is 74.1 Å². The van der Waals surface area contributed by atoms with Crippen LogP contribution in [0.25, 0.3) is 11.4 Å². The van der Waals surface area contributed by atoms with E-state index in [1.807, 2.05) is 11.8 Å². The van der Waals surface area contributed by atoms with E-state index in [0.717, 1.165) is 29.4 Å². The number of hydrogen-bond acceptors (Lipinski definition) is 6. The third kappa shape index (κ3) is 4.28. The Bertz CT molecular complexity index is 716. The van der Waals surface area contributed by atoms with Crippen LogP contribution in [-0.2, 0) is 12.8 Å². The monoisotopic (exact) mass is 360 g/mol. The van der Waals surface area contributed by atoms with Crippen molar-refractivity contribution in [3.8, 4) is 11.4 Å². The van der Waals surface area contributed by atoms with E-state index in [2.05, 4.69) is 48.9 Å². The normalized spacial score (nSPS) is 14.2. The highest BCUT2D eigenvalue weighted by Gasteiger charge is 2.19. The van der Waals surface area contributed by atoms with Gasteiger partial charge in [0.25, 0.3) is 0 Å². The molecule has 3 rings (SSSR count). The third-order valence-electron chi connectivity index (χ3n) is 3.79. The zero-order valence-electron chi connectivity index (χ0n) is 14.7. The van der Waals surface area contributed by atoms with E-state index >= 15 is 0 Å². The summed E-state index contributed by atoms with van der Waals surface area (Å²) in [5.74, 6) is 0. The van der Waals surface area contributed by atoms with Crippen LogP contribution < -0.4 is 0 Å². The predicted molar refractivity (Wildman–Crippen MR) is 102 cm³/mol. The van der Waals surface area contributed by atoms with Gasteiger partial charge in [0.2, 0.25) is 5.16 Å². The van der Waals surface area contributed by atoms with E-state index in [0.29, 0.717) is 10.5 Å². The first-order chi connectivity index (χ1) is 11.5. The number of pyridine rings is 1. The van der Waals surface area contributed by atoms with E-state index < -0.39 is 0 Å². The molecule has 0 unspecified atom stereocenters. The lowest BCUT2D eigenvalue weighted by Gasteiger charge is -2.20. The van der Waals surface area contributed by atoms with E-state index in [-0.39, 0.29) is 0 Å². The maximum Gasteiger partial charge on any atom is 0.209 e. The molecule has 1 aliphatic rings. The highest BCUT2D eigenvalue weighted by molar-refractivity contribution is 8.00. The fraction of sp³-hybridized carbons (Fsp3) is 0.556. The summed E-state index contributed by atoms with van der Waals surface area (Å²) in [4.78, 5) is 9.61. The van der Waals surface area contributed by atoms with Crippen molar-refractivity contribution < 1.29 is 0 Å². The van der Waals surface area contributed by atoms with Gasteiger partial charge >= 0.3 is 0 Å². The van der Waals surface area contributed by atoms with E-state index in [1.54, 1.807) is 18.0 Å². The Morgan fingerprint density at radius 2 is 1.67 bits per heavy atom. The summed E-state index contributed by atoms with van der Waals surface area (Å²) in [6, 6.07) is 2.21. The quantitative estimate of drug-likeness (QED) is 0.713. The lowest BCUT2D eigenvalue weighted by atomic mass is 9.92. The zero-order valence-corrected chi connectivity index (χ0v) is 16.4. The molecule has 0 saturated carbocycles. The number of thioether (sulfide) groups is 2.